The summed E-state index contributed by atoms with van der Waals surface area (Å²) in [5.41, 5.74) is 2.66. The van der Waals surface area contributed by atoms with E-state index in [4.69, 9.17) is 0 Å². The lowest BCUT2D eigenvalue weighted by molar-refractivity contribution is 0.0678. The molecule has 0 bridgehead atoms. The first-order chi connectivity index (χ1) is 11.2. The lowest BCUT2D eigenvalue weighted by Crippen LogP contribution is -2.54. The minimum absolute atomic E-state index is 0.0953. The smallest absolute Gasteiger partial charge is 0.183 e. The lowest BCUT2D eigenvalue weighted by Gasteiger charge is -2.50. The van der Waals surface area contributed by atoms with Crippen LogP contribution in [-0.4, -0.2) is 20.4 Å². The molecule has 1 aliphatic rings. The lowest BCUT2D eigenvalue weighted by atomic mass is 9.83. The maximum atomic E-state index is 9.40. The van der Waals surface area contributed by atoms with Gasteiger partial charge in [-0.15, -0.1) is 0 Å². The fourth-order valence-corrected chi connectivity index (χ4v) is 4.88. The van der Waals surface area contributed by atoms with Gasteiger partial charge in [0, 0.05) is 16.8 Å². The van der Waals surface area contributed by atoms with Crippen LogP contribution in [0.4, 0.5) is 0 Å². The molecule has 0 radical (unpaired) electrons. The molecular weight excluding hydrogens is 334 g/mol. The standard InChI is InChI=1S/C19H27N3S2/c1-15-7-9-16(10-8-15)14-23-17(13-20)21-24-22-18(2,3)11-6-12-19(22,4)5/h7-10H,6,11-12,14H2,1-5H3. The average molecular weight is 362 g/mol. The summed E-state index contributed by atoms with van der Waals surface area (Å²) in [6, 6.07) is 10.7. The summed E-state index contributed by atoms with van der Waals surface area (Å²) >= 11 is 2.97. The number of thioether (sulfide) groups is 1. The van der Waals surface area contributed by atoms with Crippen molar-refractivity contribution < 1.29 is 0 Å². The van der Waals surface area contributed by atoms with Crippen molar-refractivity contribution in [2.45, 2.75) is 70.7 Å². The van der Waals surface area contributed by atoms with Gasteiger partial charge in [-0.1, -0.05) is 41.6 Å². The van der Waals surface area contributed by atoms with Crippen LogP contribution >= 0.6 is 23.9 Å². The maximum Gasteiger partial charge on any atom is 0.183 e. The van der Waals surface area contributed by atoms with Gasteiger partial charge >= 0.3 is 0 Å². The number of hydrogen-bond acceptors (Lipinski definition) is 5. The number of nitrogens with zero attached hydrogens (tertiary/aromatic N) is 3. The molecule has 0 atom stereocenters. The molecule has 5 heteroatoms. The highest BCUT2D eigenvalue weighted by Crippen LogP contribution is 2.43. The first-order valence-electron chi connectivity index (χ1n) is 8.38. The van der Waals surface area contributed by atoms with Gasteiger partial charge in [-0.25, -0.2) is 4.31 Å². The Labute approximate surface area is 155 Å². The van der Waals surface area contributed by atoms with E-state index >= 15 is 0 Å². The Morgan fingerprint density at radius 3 is 2.29 bits per heavy atom. The highest BCUT2D eigenvalue weighted by atomic mass is 32.2. The number of aryl methyl sites for hydroxylation is 1. The van der Waals surface area contributed by atoms with E-state index in [-0.39, 0.29) is 11.1 Å². The molecule has 1 aromatic carbocycles. The predicted molar refractivity (Wildman–Crippen MR) is 107 cm³/mol. The van der Waals surface area contributed by atoms with Crippen LogP contribution in [0.15, 0.2) is 28.7 Å². The number of hydrogen-bond donors (Lipinski definition) is 0. The van der Waals surface area contributed by atoms with Gasteiger partial charge in [-0.2, -0.15) is 9.66 Å². The molecule has 1 fully saturated rings. The number of benzene rings is 1. The highest BCUT2D eigenvalue weighted by molar-refractivity contribution is 8.14. The Balaban J connectivity index is 2.02. The minimum Gasteiger partial charge on any atom is -0.220 e. The van der Waals surface area contributed by atoms with E-state index in [2.05, 4.69) is 73.7 Å². The topological polar surface area (TPSA) is 39.4 Å². The van der Waals surface area contributed by atoms with E-state index in [1.807, 2.05) is 0 Å². The molecule has 3 nitrogen and oxygen atoms in total. The molecular formula is C19H27N3S2. The third kappa shape index (κ3) is 5.02. The van der Waals surface area contributed by atoms with Gasteiger partial charge in [0.1, 0.15) is 6.07 Å². The first-order valence-corrected chi connectivity index (χ1v) is 10.1. The molecule has 0 unspecified atom stereocenters. The third-order valence-electron chi connectivity index (χ3n) is 4.47. The molecule has 1 aliphatic heterocycles. The predicted octanol–water partition coefficient (Wildman–Crippen LogP) is 5.76. The Kier molecular flexibility index (Phi) is 6.41. The van der Waals surface area contributed by atoms with E-state index in [9.17, 15) is 5.26 Å². The van der Waals surface area contributed by atoms with Crippen molar-refractivity contribution in [2.24, 2.45) is 4.40 Å². The van der Waals surface area contributed by atoms with Crippen LogP contribution in [0.25, 0.3) is 0 Å². The van der Waals surface area contributed by atoms with Crippen molar-refractivity contribution in [2.75, 3.05) is 0 Å². The van der Waals surface area contributed by atoms with Gasteiger partial charge in [0.25, 0.3) is 0 Å². The highest BCUT2D eigenvalue weighted by Gasteiger charge is 2.42. The first kappa shape index (κ1) is 19.4. The van der Waals surface area contributed by atoms with Crippen molar-refractivity contribution in [1.29, 1.82) is 5.26 Å². The van der Waals surface area contributed by atoms with Crippen molar-refractivity contribution in [3.8, 4) is 6.07 Å². The van der Waals surface area contributed by atoms with Crippen molar-refractivity contribution >= 4 is 28.9 Å². The quantitative estimate of drug-likeness (QED) is 0.388. The molecule has 1 aromatic rings. The summed E-state index contributed by atoms with van der Waals surface area (Å²) in [6.07, 6.45) is 3.57. The molecule has 0 amide bonds. The summed E-state index contributed by atoms with van der Waals surface area (Å²) < 4.78 is 6.92. The molecule has 0 aromatic heterocycles. The molecule has 1 heterocycles. The van der Waals surface area contributed by atoms with Gasteiger partial charge in [0.05, 0.1) is 12.1 Å². The molecule has 0 saturated carbocycles. The maximum absolute atomic E-state index is 9.40. The van der Waals surface area contributed by atoms with Gasteiger partial charge in [-0.05, 0) is 59.4 Å². The molecule has 0 spiro atoms. The van der Waals surface area contributed by atoms with Gasteiger partial charge in [0.15, 0.2) is 5.04 Å². The second-order valence-electron chi connectivity index (χ2n) is 7.64. The summed E-state index contributed by atoms with van der Waals surface area (Å²) in [6.45, 7) is 11.1. The fraction of sp³-hybridized carbons (Fsp3) is 0.579. The zero-order valence-electron chi connectivity index (χ0n) is 15.3. The number of rotatable bonds is 4. The zero-order valence-corrected chi connectivity index (χ0v) is 16.9. The van der Waals surface area contributed by atoms with Crippen LogP contribution < -0.4 is 0 Å². The Hall–Kier alpha value is -0.960. The minimum atomic E-state index is 0.0953. The van der Waals surface area contributed by atoms with Crippen LogP contribution in [0, 0.1) is 18.3 Å². The van der Waals surface area contributed by atoms with Crippen LogP contribution in [0.5, 0.6) is 0 Å². The SMILES string of the molecule is Cc1ccc(CSC(C#N)=NSN2C(C)(C)CCCC2(C)C)cc1. The van der Waals surface area contributed by atoms with Crippen molar-refractivity contribution in [1.82, 2.24) is 4.31 Å². The van der Waals surface area contributed by atoms with Crippen LogP contribution in [0.2, 0.25) is 0 Å². The van der Waals surface area contributed by atoms with E-state index in [0.717, 1.165) is 18.6 Å². The van der Waals surface area contributed by atoms with E-state index < -0.39 is 0 Å². The van der Waals surface area contributed by atoms with Gasteiger partial charge < -0.3 is 0 Å². The van der Waals surface area contributed by atoms with Crippen LogP contribution in [0.3, 0.4) is 0 Å². The molecule has 24 heavy (non-hydrogen) atoms. The fourth-order valence-electron chi connectivity index (χ4n) is 3.19. The second kappa shape index (κ2) is 7.95. The number of nitriles is 1. The molecule has 130 valence electrons. The van der Waals surface area contributed by atoms with Crippen LogP contribution in [0.1, 0.15) is 58.1 Å². The van der Waals surface area contributed by atoms with Gasteiger partial charge in [-0.3, -0.25) is 0 Å². The summed E-state index contributed by atoms with van der Waals surface area (Å²) in [4.78, 5) is 0. The van der Waals surface area contributed by atoms with Crippen molar-refractivity contribution in [3.05, 3.63) is 35.4 Å². The Morgan fingerprint density at radius 2 is 1.75 bits per heavy atom. The molecule has 0 aliphatic carbocycles. The van der Waals surface area contributed by atoms with Gasteiger partial charge in [0.2, 0.25) is 0 Å². The molecule has 1 saturated heterocycles. The van der Waals surface area contributed by atoms with Crippen molar-refractivity contribution in [3.63, 3.8) is 0 Å². The Morgan fingerprint density at radius 1 is 1.17 bits per heavy atom. The molecule has 2 rings (SSSR count). The average Bonchev–Trinajstić information content (AvgIpc) is 2.50. The zero-order chi connectivity index (χ0) is 17.8. The summed E-state index contributed by atoms with van der Waals surface area (Å²) in [5.74, 6) is 0.778. The Bertz CT molecular complexity index is 611. The van der Waals surface area contributed by atoms with E-state index in [0.29, 0.717) is 5.04 Å². The third-order valence-corrected chi connectivity index (χ3v) is 6.94. The largest absolute Gasteiger partial charge is 0.220 e. The molecule has 0 N–H and O–H groups in total. The normalized spacial score (nSPS) is 20.6. The summed E-state index contributed by atoms with van der Waals surface area (Å²) in [7, 11) is 0. The van der Waals surface area contributed by atoms with Crippen LogP contribution in [-0.2, 0) is 5.75 Å². The second-order valence-corrected chi connectivity index (χ2v) is 9.31. The van der Waals surface area contributed by atoms with E-state index in [1.165, 1.54) is 41.4 Å². The van der Waals surface area contributed by atoms with E-state index in [1.54, 1.807) is 0 Å². The monoisotopic (exact) mass is 361 g/mol. The number of piperidine rings is 1. The summed E-state index contributed by atoms with van der Waals surface area (Å²) in [5, 5.41) is 9.94.